The van der Waals surface area contributed by atoms with E-state index in [1.54, 1.807) is 24.3 Å². The third-order valence-electron chi connectivity index (χ3n) is 3.18. The Morgan fingerprint density at radius 1 is 1.38 bits per heavy atom. The molecule has 1 aliphatic heterocycles. The molecule has 16 heavy (non-hydrogen) atoms. The Morgan fingerprint density at radius 2 is 2.06 bits per heavy atom. The van der Waals surface area contributed by atoms with Crippen LogP contribution in [0.5, 0.6) is 5.75 Å². The largest absolute Gasteiger partial charge is 0.507 e. The number of para-hydroxylation sites is 1. The second kappa shape index (κ2) is 4.16. The van der Waals surface area contributed by atoms with E-state index in [0.717, 1.165) is 13.0 Å². The van der Waals surface area contributed by atoms with Gasteiger partial charge in [-0.15, -0.1) is 0 Å². The second-order valence-corrected chi connectivity index (χ2v) is 4.66. The Hall–Kier alpha value is -1.51. The highest BCUT2D eigenvalue weighted by atomic mass is 16.3. The zero-order valence-electron chi connectivity index (χ0n) is 9.68. The molecule has 0 radical (unpaired) electrons. The van der Waals surface area contributed by atoms with Crippen LogP contribution in [-0.4, -0.2) is 28.5 Å². The summed E-state index contributed by atoms with van der Waals surface area (Å²) in [5, 5.41) is 9.65. The van der Waals surface area contributed by atoms with Crippen molar-refractivity contribution in [2.45, 2.75) is 26.3 Å². The minimum Gasteiger partial charge on any atom is -0.507 e. The molecule has 1 aromatic rings. The van der Waals surface area contributed by atoms with Gasteiger partial charge in [-0.1, -0.05) is 19.1 Å². The molecular weight excluding hydrogens is 202 g/mol. The van der Waals surface area contributed by atoms with Crippen LogP contribution in [-0.2, 0) is 0 Å². The lowest BCUT2D eigenvalue weighted by Gasteiger charge is -2.21. The van der Waals surface area contributed by atoms with Crippen molar-refractivity contribution in [1.29, 1.82) is 0 Å². The van der Waals surface area contributed by atoms with Gasteiger partial charge in [0.2, 0.25) is 0 Å². The summed E-state index contributed by atoms with van der Waals surface area (Å²) in [6, 6.07) is 6.99. The summed E-state index contributed by atoms with van der Waals surface area (Å²) in [5.41, 5.74) is 0.406. The fourth-order valence-corrected chi connectivity index (χ4v) is 2.39. The maximum atomic E-state index is 12.2. The molecule has 0 bridgehead atoms. The number of phenols is 1. The van der Waals surface area contributed by atoms with Gasteiger partial charge in [-0.05, 0) is 31.4 Å². The Labute approximate surface area is 95.7 Å². The van der Waals surface area contributed by atoms with E-state index in [2.05, 4.69) is 13.8 Å². The first kappa shape index (κ1) is 11.0. The van der Waals surface area contributed by atoms with Crippen molar-refractivity contribution in [2.75, 3.05) is 6.54 Å². The lowest BCUT2D eigenvalue weighted by atomic mass is 10.1. The lowest BCUT2D eigenvalue weighted by Crippen LogP contribution is -2.33. The normalized spacial score (nSPS) is 24.8. The number of phenolic OH excluding ortho intramolecular Hbond substituents is 1. The summed E-state index contributed by atoms with van der Waals surface area (Å²) in [4.78, 5) is 14.0. The summed E-state index contributed by atoms with van der Waals surface area (Å²) in [6.45, 7) is 4.99. The highest BCUT2D eigenvalue weighted by molar-refractivity contribution is 5.97. The van der Waals surface area contributed by atoms with E-state index < -0.39 is 0 Å². The van der Waals surface area contributed by atoms with E-state index in [0.29, 0.717) is 11.5 Å². The molecule has 2 unspecified atom stereocenters. The quantitative estimate of drug-likeness (QED) is 0.787. The van der Waals surface area contributed by atoms with E-state index >= 15 is 0 Å². The van der Waals surface area contributed by atoms with Crippen molar-refractivity contribution in [3.05, 3.63) is 29.8 Å². The highest BCUT2D eigenvalue weighted by Crippen LogP contribution is 2.26. The number of hydrogen-bond acceptors (Lipinski definition) is 2. The van der Waals surface area contributed by atoms with Crippen LogP contribution in [0.4, 0.5) is 0 Å². The molecule has 2 rings (SSSR count). The van der Waals surface area contributed by atoms with E-state index in [1.165, 1.54) is 0 Å². The van der Waals surface area contributed by atoms with Crippen LogP contribution in [0.3, 0.4) is 0 Å². The van der Waals surface area contributed by atoms with E-state index in [1.807, 2.05) is 4.90 Å². The van der Waals surface area contributed by atoms with Crippen molar-refractivity contribution in [3.8, 4) is 5.75 Å². The van der Waals surface area contributed by atoms with Crippen LogP contribution in [0.15, 0.2) is 24.3 Å². The van der Waals surface area contributed by atoms with Crippen molar-refractivity contribution < 1.29 is 9.90 Å². The molecule has 1 fully saturated rings. The van der Waals surface area contributed by atoms with Crippen molar-refractivity contribution in [3.63, 3.8) is 0 Å². The molecular formula is C13H17NO2. The van der Waals surface area contributed by atoms with E-state index in [9.17, 15) is 9.90 Å². The third-order valence-corrected chi connectivity index (χ3v) is 3.18. The first-order valence-electron chi connectivity index (χ1n) is 5.68. The third kappa shape index (κ3) is 1.90. The molecule has 86 valence electrons. The summed E-state index contributed by atoms with van der Waals surface area (Å²) in [5.74, 6) is 0.555. The second-order valence-electron chi connectivity index (χ2n) is 4.66. The van der Waals surface area contributed by atoms with Crippen LogP contribution in [0.2, 0.25) is 0 Å². The summed E-state index contributed by atoms with van der Waals surface area (Å²) in [6.07, 6.45) is 1.04. The van der Waals surface area contributed by atoms with Gasteiger partial charge in [0.25, 0.3) is 5.91 Å². The molecule has 1 heterocycles. The molecule has 0 aromatic heterocycles. The predicted molar refractivity (Wildman–Crippen MR) is 62.4 cm³/mol. The number of benzene rings is 1. The zero-order valence-corrected chi connectivity index (χ0v) is 9.68. The monoisotopic (exact) mass is 219 g/mol. The zero-order chi connectivity index (χ0) is 11.7. The van der Waals surface area contributed by atoms with E-state index in [4.69, 9.17) is 0 Å². The van der Waals surface area contributed by atoms with Crippen LogP contribution in [0.25, 0.3) is 0 Å². The minimum absolute atomic E-state index is 0.0602. The van der Waals surface area contributed by atoms with Gasteiger partial charge in [0.1, 0.15) is 5.75 Å². The molecule has 0 aliphatic carbocycles. The molecule has 1 aliphatic rings. The first-order chi connectivity index (χ1) is 7.59. The number of carbonyl (C=O) groups is 1. The van der Waals surface area contributed by atoms with Gasteiger partial charge in [0.05, 0.1) is 5.56 Å². The molecule has 1 amide bonds. The topological polar surface area (TPSA) is 40.5 Å². The van der Waals surface area contributed by atoms with Crippen molar-refractivity contribution in [1.82, 2.24) is 4.90 Å². The van der Waals surface area contributed by atoms with Crippen LogP contribution >= 0.6 is 0 Å². The molecule has 2 atom stereocenters. The first-order valence-corrected chi connectivity index (χ1v) is 5.68. The number of amides is 1. The van der Waals surface area contributed by atoms with Gasteiger partial charge >= 0.3 is 0 Å². The van der Waals surface area contributed by atoms with Gasteiger partial charge in [0.15, 0.2) is 0 Å². The van der Waals surface area contributed by atoms with Crippen molar-refractivity contribution >= 4 is 5.91 Å². The lowest BCUT2D eigenvalue weighted by molar-refractivity contribution is 0.0741. The van der Waals surface area contributed by atoms with E-state index in [-0.39, 0.29) is 17.7 Å². The number of likely N-dealkylation sites (tertiary alicyclic amines) is 1. The fourth-order valence-electron chi connectivity index (χ4n) is 2.39. The molecule has 3 nitrogen and oxygen atoms in total. The summed E-state index contributed by atoms with van der Waals surface area (Å²) < 4.78 is 0. The molecule has 0 spiro atoms. The predicted octanol–water partition coefficient (Wildman–Crippen LogP) is 2.26. The average molecular weight is 219 g/mol. The Kier molecular flexibility index (Phi) is 2.86. The van der Waals surface area contributed by atoms with Gasteiger partial charge in [-0.25, -0.2) is 0 Å². The maximum Gasteiger partial charge on any atom is 0.257 e. The maximum absolute atomic E-state index is 12.2. The minimum atomic E-state index is -0.0602. The number of nitrogens with zero attached hydrogens (tertiary/aromatic N) is 1. The molecule has 0 saturated carbocycles. The SMILES string of the molecule is CC1CC(C)N(C(=O)c2ccccc2O)C1. The highest BCUT2D eigenvalue weighted by Gasteiger charge is 2.31. The number of hydrogen-bond donors (Lipinski definition) is 1. The van der Waals surface area contributed by atoms with Gasteiger partial charge in [-0.3, -0.25) is 4.79 Å². The number of carbonyl (C=O) groups excluding carboxylic acids is 1. The smallest absolute Gasteiger partial charge is 0.257 e. The number of aromatic hydroxyl groups is 1. The molecule has 1 aromatic carbocycles. The molecule has 1 saturated heterocycles. The number of rotatable bonds is 1. The van der Waals surface area contributed by atoms with Gasteiger partial charge in [0, 0.05) is 12.6 Å². The Bertz CT molecular complexity index is 403. The standard InChI is InChI=1S/C13H17NO2/c1-9-7-10(2)14(8-9)13(16)11-5-3-4-6-12(11)15/h3-6,9-10,15H,7-8H2,1-2H3. The van der Waals surface area contributed by atoms with Crippen molar-refractivity contribution in [2.24, 2.45) is 5.92 Å². The average Bonchev–Trinajstić information content (AvgIpc) is 2.58. The van der Waals surface area contributed by atoms with Crippen LogP contribution in [0.1, 0.15) is 30.6 Å². The Balaban J connectivity index is 2.23. The van der Waals surface area contributed by atoms with Crippen LogP contribution in [0, 0.1) is 5.92 Å². The fraction of sp³-hybridized carbons (Fsp3) is 0.462. The molecule has 3 heteroatoms. The van der Waals surface area contributed by atoms with Gasteiger partial charge in [-0.2, -0.15) is 0 Å². The van der Waals surface area contributed by atoms with Crippen LogP contribution < -0.4 is 0 Å². The summed E-state index contributed by atoms with van der Waals surface area (Å²) in [7, 11) is 0. The Morgan fingerprint density at radius 3 is 2.62 bits per heavy atom. The van der Waals surface area contributed by atoms with Gasteiger partial charge < -0.3 is 10.0 Å². The molecule has 1 N–H and O–H groups in total. The summed E-state index contributed by atoms with van der Waals surface area (Å²) >= 11 is 0.